The molecule has 1 saturated carbocycles. The molecule has 184 valence electrons. The Morgan fingerprint density at radius 1 is 1.20 bits per heavy atom. The third kappa shape index (κ3) is 5.16. The van der Waals surface area contributed by atoms with Gasteiger partial charge in [-0.25, -0.2) is 19.3 Å². The third-order valence-electron chi connectivity index (χ3n) is 5.94. The first-order chi connectivity index (χ1) is 16.9. The molecule has 2 aliphatic rings. The molecule has 1 aromatic carbocycles. The number of hydrogen-bond donors (Lipinski definition) is 4. The van der Waals surface area contributed by atoms with Crippen molar-refractivity contribution in [3.63, 3.8) is 0 Å². The molecule has 0 atom stereocenters. The van der Waals surface area contributed by atoms with E-state index in [1.807, 2.05) is 6.92 Å². The normalized spacial score (nSPS) is 22.1. The van der Waals surface area contributed by atoms with Gasteiger partial charge < -0.3 is 30.2 Å². The summed E-state index contributed by atoms with van der Waals surface area (Å²) < 4.78 is 25.4. The molecule has 0 unspecified atom stereocenters. The standard InChI is InChI=1S/C24H27FN6O4/c1-24(22(33)28-16-6-7-16)12-34-21(35-13-24)20-30-18(14-2-4-15(25)5-3-14)19(31-20)17-8-9-26-23(29-17)27-10-11-32/h2-5,8-9,16,21,32H,6-7,10-13H2,1H3,(H,28,33)(H,30,31)(H,26,27,29). The summed E-state index contributed by atoms with van der Waals surface area (Å²) in [6.45, 7) is 2.43. The van der Waals surface area contributed by atoms with Crippen LogP contribution in [0.5, 0.6) is 0 Å². The Balaban J connectivity index is 1.42. The van der Waals surface area contributed by atoms with Crippen molar-refractivity contribution in [1.29, 1.82) is 0 Å². The number of benzene rings is 1. The number of amides is 1. The summed E-state index contributed by atoms with van der Waals surface area (Å²) in [6.07, 6.45) is 2.80. The Kier molecular flexibility index (Phi) is 6.46. The molecule has 0 bridgehead atoms. The van der Waals surface area contributed by atoms with Gasteiger partial charge in [-0.2, -0.15) is 0 Å². The lowest BCUT2D eigenvalue weighted by Gasteiger charge is -2.35. The van der Waals surface area contributed by atoms with Gasteiger partial charge in [0, 0.05) is 24.3 Å². The van der Waals surface area contributed by atoms with Crippen LogP contribution in [-0.2, 0) is 14.3 Å². The summed E-state index contributed by atoms with van der Waals surface area (Å²) in [7, 11) is 0. The van der Waals surface area contributed by atoms with E-state index in [0.29, 0.717) is 41.0 Å². The summed E-state index contributed by atoms with van der Waals surface area (Å²) in [4.78, 5) is 29.2. The molecule has 0 spiro atoms. The number of carbonyl (C=O) groups is 1. The SMILES string of the molecule is CC1(C(=O)NC2CC2)COC(c2nc(-c3ccc(F)cc3)c(-c3ccnc(NCCO)n3)[nH]2)OC1. The fourth-order valence-electron chi connectivity index (χ4n) is 3.74. The molecule has 1 aliphatic carbocycles. The average molecular weight is 483 g/mol. The van der Waals surface area contributed by atoms with Crippen LogP contribution in [0.15, 0.2) is 36.5 Å². The van der Waals surface area contributed by atoms with Crippen LogP contribution in [0.3, 0.4) is 0 Å². The van der Waals surface area contributed by atoms with Crippen LogP contribution in [0.2, 0.25) is 0 Å². The molecule has 10 nitrogen and oxygen atoms in total. The Morgan fingerprint density at radius 3 is 2.63 bits per heavy atom. The smallest absolute Gasteiger partial charge is 0.230 e. The lowest BCUT2D eigenvalue weighted by Crippen LogP contribution is -2.49. The monoisotopic (exact) mass is 482 g/mol. The van der Waals surface area contributed by atoms with Crippen LogP contribution in [-0.4, -0.2) is 63.4 Å². The molecule has 1 saturated heterocycles. The summed E-state index contributed by atoms with van der Waals surface area (Å²) in [5.74, 6) is 0.327. The van der Waals surface area contributed by atoms with E-state index in [2.05, 4.69) is 25.6 Å². The minimum absolute atomic E-state index is 0.0589. The molecule has 11 heteroatoms. The predicted octanol–water partition coefficient (Wildman–Crippen LogP) is 2.41. The fourth-order valence-corrected chi connectivity index (χ4v) is 3.74. The third-order valence-corrected chi connectivity index (χ3v) is 5.94. The number of hydrogen-bond acceptors (Lipinski definition) is 8. The average Bonchev–Trinajstić information content (AvgIpc) is 3.58. The van der Waals surface area contributed by atoms with Gasteiger partial charge in [0.15, 0.2) is 5.82 Å². The minimum Gasteiger partial charge on any atom is -0.395 e. The van der Waals surface area contributed by atoms with Crippen molar-refractivity contribution in [3.05, 3.63) is 48.2 Å². The van der Waals surface area contributed by atoms with Crippen molar-refractivity contribution in [2.45, 2.75) is 32.1 Å². The molecule has 3 aromatic rings. The van der Waals surface area contributed by atoms with Crippen LogP contribution >= 0.6 is 0 Å². The van der Waals surface area contributed by atoms with Crippen LogP contribution in [0.4, 0.5) is 10.3 Å². The fraction of sp³-hybridized carbons (Fsp3) is 0.417. The number of carbonyl (C=O) groups excluding carboxylic acids is 1. The predicted molar refractivity (Wildman–Crippen MR) is 124 cm³/mol. The van der Waals surface area contributed by atoms with Gasteiger partial charge in [0.25, 0.3) is 0 Å². The first-order valence-corrected chi connectivity index (χ1v) is 11.5. The first-order valence-electron chi connectivity index (χ1n) is 11.5. The number of aliphatic hydroxyl groups excluding tert-OH is 1. The number of imidazole rings is 1. The van der Waals surface area contributed by atoms with Crippen molar-refractivity contribution < 1.29 is 23.8 Å². The number of aliphatic hydroxyl groups is 1. The molecule has 0 radical (unpaired) electrons. The Bertz CT molecular complexity index is 1190. The Hall–Kier alpha value is -3.41. The van der Waals surface area contributed by atoms with Gasteiger partial charge in [0.05, 0.1) is 42.3 Å². The van der Waals surface area contributed by atoms with Crippen molar-refractivity contribution in [3.8, 4) is 22.6 Å². The van der Waals surface area contributed by atoms with E-state index in [9.17, 15) is 9.18 Å². The zero-order chi connectivity index (χ0) is 24.4. The summed E-state index contributed by atoms with van der Waals surface area (Å²) in [6, 6.07) is 7.96. The maximum Gasteiger partial charge on any atom is 0.230 e. The molecule has 35 heavy (non-hydrogen) atoms. The highest BCUT2D eigenvalue weighted by molar-refractivity contribution is 5.83. The number of rotatable bonds is 8. The second-order valence-electron chi connectivity index (χ2n) is 9.03. The van der Waals surface area contributed by atoms with E-state index in [-0.39, 0.29) is 37.6 Å². The van der Waals surface area contributed by atoms with E-state index in [1.165, 1.54) is 12.1 Å². The van der Waals surface area contributed by atoms with Gasteiger partial charge in [-0.15, -0.1) is 0 Å². The molecule has 1 aliphatic heterocycles. The van der Waals surface area contributed by atoms with Gasteiger partial charge in [-0.3, -0.25) is 4.79 Å². The van der Waals surface area contributed by atoms with Gasteiger partial charge in [-0.1, -0.05) is 0 Å². The zero-order valence-electron chi connectivity index (χ0n) is 19.3. The van der Waals surface area contributed by atoms with E-state index < -0.39 is 11.7 Å². The number of anilines is 1. The number of nitrogens with one attached hydrogen (secondary N) is 3. The highest BCUT2D eigenvalue weighted by atomic mass is 19.1. The van der Waals surface area contributed by atoms with Gasteiger partial charge >= 0.3 is 0 Å². The number of aromatic nitrogens is 4. The maximum atomic E-state index is 13.6. The van der Waals surface area contributed by atoms with Crippen LogP contribution in [0.25, 0.3) is 22.6 Å². The second kappa shape index (κ2) is 9.68. The van der Waals surface area contributed by atoms with E-state index >= 15 is 0 Å². The number of halogens is 1. The number of aromatic amines is 1. The molecule has 5 rings (SSSR count). The molecule has 4 N–H and O–H groups in total. The van der Waals surface area contributed by atoms with Gasteiger partial charge in [0.1, 0.15) is 5.82 Å². The van der Waals surface area contributed by atoms with E-state index in [0.717, 1.165) is 12.8 Å². The van der Waals surface area contributed by atoms with Crippen molar-refractivity contribution in [2.24, 2.45) is 5.41 Å². The molecular weight excluding hydrogens is 455 g/mol. The van der Waals surface area contributed by atoms with Crippen LogP contribution in [0, 0.1) is 11.2 Å². The Labute approximate surface area is 201 Å². The molecule has 1 amide bonds. The zero-order valence-corrected chi connectivity index (χ0v) is 19.3. The number of H-pyrrole nitrogens is 1. The van der Waals surface area contributed by atoms with Crippen molar-refractivity contribution >= 4 is 11.9 Å². The summed E-state index contributed by atoms with van der Waals surface area (Å²) in [5.41, 5.74) is 1.56. The van der Waals surface area contributed by atoms with Crippen molar-refractivity contribution in [2.75, 3.05) is 31.7 Å². The first kappa shape index (κ1) is 23.3. The van der Waals surface area contributed by atoms with Crippen LogP contribution in [0.1, 0.15) is 31.9 Å². The van der Waals surface area contributed by atoms with Gasteiger partial charge in [0.2, 0.25) is 18.1 Å². The topological polar surface area (TPSA) is 134 Å². The van der Waals surface area contributed by atoms with Crippen LogP contribution < -0.4 is 10.6 Å². The summed E-state index contributed by atoms with van der Waals surface area (Å²) in [5, 5.41) is 15.0. The van der Waals surface area contributed by atoms with E-state index in [4.69, 9.17) is 19.6 Å². The highest BCUT2D eigenvalue weighted by Gasteiger charge is 2.42. The molecule has 2 fully saturated rings. The van der Waals surface area contributed by atoms with E-state index in [1.54, 1.807) is 24.4 Å². The largest absolute Gasteiger partial charge is 0.395 e. The molecule has 2 aromatic heterocycles. The van der Waals surface area contributed by atoms with Crippen molar-refractivity contribution in [1.82, 2.24) is 25.3 Å². The summed E-state index contributed by atoms with van der Waals surface area (Å²) >= 11 is 0. The van der Waals surface area contributed by atoms with Gasteiger partial charge in [-0.05, 0) is 50.1 Å². The highest BCUT2D eigenvalue weighted by Crippen LogP contribution is 2.36. The molecule has 3 heterocycles. The second-order valence-corrected chi connectivity index (χ2v) is 9.03. The minimum atomic E-state index is -0.807. The lowest BCUT2D eigenvalue weighted by molar-refractivity contribution is -0.231. The Morgan fingerprint density at radius 2 is 1.94 bits per heavy atom. The lowest BCUT2D eigenvalue weighted by atomic mass is 9.91. The molecular formula is C24H27FN6O4. The number of ether oxygens (including phenoxy) is 2. The maximum absolute atomic E-state index is 13.6. The number of nitrogens with zero attached hydrogens (tertiary/aromatic N) is 3. The quantitative estimate of drug-likeness (QED) is 0.385.